The molecule has 1 amide bonds. The number of hydrogen-bond acceptors (Lipinski definition) is 3. The normalized spacial score (nSPS) is 9.57. The Morgan fingerprint density at radius 1 is 1.00 bits per heavy atom. The number of hydrogen-bond donors (Lipinski definition) is 3. The lowest BCUT2D eigenvalue weighted by atomic mass is 10.3. The first-order valence-corrected chi connectivity index (χ1v) is 6.71. The molecule has 3 N–H and O–H groups in total. The summed E-state index contributed by atoms with van der Waals surface area (Å²) in [5, 5.41) is 8.90. The topological polar surface area (TPSA) is 62.4 Å². The van der Waals surface area contributed by atoms with Gasteiger partial charge in [-0.3, -0.25) is 5.32 Å². The van der Waals surface area contributed by atoms with Gasteiger partial charge in [-0.15, -0.1) is 0 Å². The van der Waals surface area contributed by atoms with Gasteiger partial charge in [0.1, 0.15) is 5.75 Å². The number of para-hydroxylation sites is 1. The van der Waals surface area contributed by atoms with Crippen molar-refractivity contribution in [3.05, 3.63) is 54.6 Å². The maximum Gasteiger partial charge on any atom is 0.417 e. The zero-order valence-electron chi connectivity index (χ0n) is 11.4. The van der Waals surface area contributed by atoms with Gasteiger partial charge in [-0.1, -0.05) is 24.3 Å². The summed E-state index contributed by atoms with van der Waals surface area (Å²) >= 11 is 5.01. The Morgan fingerprint density at radius 2 is 1.71 bits per heavy atom. The van der Waals surface area contributed by atoms with Gasteiger partial charge in [-0.25, -0.2) is 4.79 Å². The second-order valence-corrected chi connectivity index (χ2v) is 4.52. The summed E-state index contributed by atoms with van der Waals surface area (Å²) in [5.41, 5.74) is 1.41. The molecule has 0 fully saturated rings. The number of nitrogens with one attached hydrogen (secondary N) is 3. The van der Waals surface area contributed by atoms with E-state index >= 15 is 0 Å². The molecular formula is C15H15N3O2S. The quantitative estimate of drug-likeness (QED) is 0.760. The number of carbonyl (C=O) groups is 1. The van der Waals surface area contributed by atoms with E-state index in [0.717, 1.165) is 5.69 Å². The summed E-state index contributed by atoms with van der Waals surface area (Å²) in [7, 11) is 1.73. The maximum absolute atomic E-state index is 11.8. The van der Waals surface area contributed by atoms with Gasteiger partial charge in [-0.05, 0) is 36.5 Å². The van der Waals surface area contributed by atoms with Crippen LogP contribution in [-0.2, 0) is 0 Å². The number of anilines is 2. The van der Waals surface area contributed by atoms with Crippen molar-refractivity contribution in [2.24, 2.45) is 0 Å². The lowest BCUT2D eigenvalue weighted by Gasteiger charge is -2.10. The Labute approximate surface area is 128 Å². The van der Waals surface area contributed by atoms with Gasteiger partial charge in [0.15, 0.2) is 5.11 Å². The Hall–Kier alpha value is -2.60. The molecule has 0 saturated heterocycles. The van der Waals surface area contributed by atoms with Gasteiger partial charge in [0.2, 0.25) is 0 Å². The van der Waals surface area contributed by atoms with E-state index < -0.39 is 6.09 Å². The molecule has 0 radical (unpaired) electrons. The van der Waals surface area contributed by atoms with E-state index in [0.29, 0.717) is 16.5 Å². The number of amides is 1. The molecule has 0 unspecified atom stereocenters. The Kier molecular flexibility index (Phi) is 5.11. The van der Waals surface area contributed by atoms with Crippen LogP contribution in [0.15, 0.2) is 54.6 Å². The van der Waals surface area contributed by atoms with Crippen molar-refractivity contribution in [3.8, 4) is 5.75 Å². The molecule has 0 aromatic heterocycles. The fourth-order valence-corrected chi connectivity index (χ4v) is 1.72. The Balaban J connectivity index is 1.97. The lowest BCUT2D eigenvalue weighted by molar-refractivity contribution is 0.215. The van der Waals surface area contributed by atoms with Crippen LogP contribution in [0.3, 0.4) is 0 Å². The molecule has 0 heterocycles. The van der Waals surface area contributed by atoms with E-state index in [2.05, 4.69) is 16.0 Å². The molecule has 5 nitrogen and oxygen atoms in total. The predicted octanol–water partition coefficient (Wildman–Crippen LogP) is 3.21. The zero-order chi connectivity index (χ0) is 15.1. The molecule has 0 saturated carbocycles. The van der Waals surface area contributed by atoms with Gasteiger partial charge >= 0.3 is 6.09 Å². The number of thiocarbonyl (C=S) groups is 1. The van der Waals surface area contributed by atoms with E-state index in [4.69, 9.17) is 17.0 Å². The fourth-order valence-electron chi connectivity index (χ4n) is 1.60. The smallest absolute Gasteiger partial charge is 0.410 e. The molecule has 0 aliphatic heterocycles. The fraction of sp³-hybridized carbons (Fsp3) is 0.0667. The lowest BCUT2D eigenvalue weighted by Crippen LogP contribution is -2.24. The number of rotatable bonds is 3. The van der Waals surface area contributed by atoms with Crippen LogP contribution >= 0.6 is 12.2 Å². The molecule has 2 aromatic carbocycles. The van der Waals surface area contributed by atoms with E-state index in [1.54, 1.807) is 37.4 Å². The van der Waals surface area contributed by atoms with Crippen LogP contribution < -0.4 is 20.7 Å². The highest BCUT2D eigenvalue weighted by molar-refractivity contribution is 7.80. The number of ether oxygens (including phenoxy) is 1. The third-order valence-electron chi connectivity index (χ3n) is 2.55. The molecule has 21 heavy (non-hydrogen) atoms. The van der Waals surface area contributed by atoms with Crippen LogP contribution in [0, 0.1) is 0 Å². The molecular weight excluding hydrogens is 286 g/mol. The summed E-state index contributed by atoms with van der Waals surface area (Å²) in [6.07, 6.45) is -0.547. The van der Waals surface area contributed by atoms with Gasteiger partial charge in [0.25, 0.3) is 0 Å². The summed E-state index contributed by atoms with van der Waals surface area (Å²) in [5.74, 6) is 0.423. The second kappa shape index (κ2) is 7.25. The summed E-state index contributed by atoms with van der Waals surface area (Å²) < 4.78 is 5.22. The van der Waals surface area contributed by atoms with E-state index in [1.165, 1.54) is 0 Å². The van der Waals surface area contributed by atoms with Gasteiger partial charge in [0.05, 0.1) is 0 Å². The van der Waals surface area contributed by atoms with E-state index in [9.17, 15) is 4.79 Å². The molecule has 2 aromatic rings. The molecule has 0 bridgehead atoms. The molecule has 0 aliphatic rings. The summed E-state index contributed by atoms with van der Waals surface area (Å²) in [6.45, 7) is 0. The number of carbonyl (C=O) groups excluding carboxylic acids is 1. The van der Waals surface area contributed by atoms with Crippen molar-refractivity contribution >= 4 is 34.8 Å². The Bertz CT molecular complexity index is 632. The highest BCUT2D eigenvalue weighted by Crippen LogP contribution is 2.18. The molecule has 6 heteroatoms. The SMILES string of the molecule is CNC(=S)Nc1cccc(OC(=O)Nc2ccccc2)c1. The second-order valence-electron chi connectivity index (χ2n) is 4.11. The minimum absolute atomic E-state index is 0.423. The van der Waals surface area contributed by atoms with Crippen LogP contribution in [0.1, 0.15) is 0 Å². The Morgan fingerprint density at radius 3 is 2.43 bits per heavy atom. The van der Waals surface area contributed by atoms with Crippen LogP contribution in [0.25, 0.3) is 0 Å². The first-order chi connectivity index (χ1) is 10.2. The van der Waals surface area contributed by atoms with Gasteiger partial charge in [0, 0.05) is 24.5 Å². The summed E-state index contributed by atoms with van der Waals surface area (Å²) in [6, 6.07) is 16.1. The summed E-state index contributed by atoms with van der Waals surface area (Å²) in [4.78, 5) is 11.8. The van der Waals surface area contributed by atoms with Crippen LogP contribution in [0.2, 0.25) is 0 Å². The standard InChI is InChI=1S/C15H15N3O2S/c1-16-14(21)17-12-8-5-9-13(10-12)20-15(19)18-11-6-3-2-4-7-11/h2-10H,1H3,(H,18,19)(H2,16,17,21). The van der Waals surface area contributed by atoms with Crippen molar-refractivity contribution in [3.63, 3.8) is 0 Å². The average molecular weight is 301 g/mol. The van der Waals surface area contributed by atoms with E-state index in [1.807, 2.05) is 24.3 Å². The largest absolute Gasteiger partial charge is 0.417 e. The van der Waals surface area contributed by atoms with E-state index in [-0.39, 0.29) is 0 Å². The van der Waals surface area contributed by atoms with Crippen molar-refractivity contribution in [2.45, 2.75) is 0 Å². The molecule has 0 atom stereocenters. The molecule has 0 aliphatic carbocycles. The highest BCUT2D eigenvalue weighted by Gasteiger charge is 2.05. The highest BCUT2D eigenvalue weighted by atomic mass is 32.1. The maximum atomic E-state index is 11.8. The zero-order valence-corrected chi connectivity index (χ0v) is 12.2. The average Bonchev–Trinajstić information content (AvgIpc) is 2.48. The number of benzene rings is 2. The van der Waals surface area contributed by atoms with Crippen LogP contribution in [0.5, 0.6) is 5.75 Å². The first-order valence-electron chi connectivity index (χ1n) is 6.30. The predicted molar refractivity (Wildman–Crippen MR) is 87.8 cm³/mol. The van der Waals surface area contributed by atoms with Crippen LogP contribution in [-0.4, -0.2) is 18.3 Å². The van der Waals surface area contributed by atoms with Gasteiger partial charge < -0.3 is 15.4 Å². The molecule has 108 valence electrons. The monoisotopic (exact) mass is 301 g/mol. The first kappa shape index (κ1) is 14.8. The molecule has 0 spiro atoms. The minimum Gasteiger partial charge on any atom is -0.410 e. The van der Waals surface area contributed by atoms with Crippen LogP contribution in [0.4, 0.5) is 16.2 Å². The third kappa shape index (κ3) is 4.77. The molecule has 2 rings (SSSR count). The van der Waals surface area contributed by atoms with Crippen molar-refractivity contribution in [2.75, 3.05) is 17.7 Å². The van der Waals surface area contributed by atoms with Crippen molar-refractivity contribution in [1.29, 1.82) is 0 Å². The third-order valence-corrected chi connectivity index (χ3v) is 2.86. The van der Waals surface area contributed by atoms with Crippen molar-refractivity contribution in [1.82, 2.24) is 5.32 Å². The minimum atomic E-state index is -0.547. The van der Waals surface area contributed by atoms with Crippen molar-refractivity contribution < 1.29 is 9.53 Å². The van der Waals surface area contributed by atoms with Gasteiger partial charge in [-0.2, -0.15) is 0 Å².